The third kappa shape index (κ3) is 2.79. The second-order valence-electron chi connectivity index (χ2n) is 5.40. The van der Waals surface area contributed by atoms with Crippen LogP contribution in [0.15, 0.2) is 30.6 Å². The molecule has 1 amide bonds. The van der Waals surface area contributed by atoms with Crippen LogP contribution in [0.5, 0.6) is 0 Å². The van der Waals surface area contributed by atoms with Crippen molar-refractivity contribution in [2.75, 3.05) is 5.32 Å². The van der Waals surface area contributed by atoms with Gasteiger partial charge in [-0.15, -0.1) is 0 Å². The molecule has 0 aliphatic heterocycles. The molecule has 0 unspecified atom stereocenters. The molecule has 2 atom stereocenters. The Morgan fingerprint density at radius 3 is 2.73 bits per heavy atom. The van der Waals surface area contributed by atoms with Gasteiger partial charge in [0, 0.05) is 11.5 Å². The maximum absolute atomic E-state index is 13.6. The van der Waals surface area contributed by atoms with Crippen molar-refractivity contribution in [3.05, 3.63) is 42.0 Å². The minimum absolute atomic E-state index is 0.0147. The van der Waals surface area contributed by atoms with Crippen LogP contribution in [-0.4, -0.2) is 15.9 Å². The Kier molecular flexibility index (Phi) is 3.55. The normalized spacial score (nSPS) is 19.3. The lowest BCUT2D eigenvalue weighted by atomic mass is 10.1. The minimum Gasteiger partial charge on any atom is -0.309 e. The number of nitrogens with zero attached hydrogens (tertiary/aromatic N) is 3. The van der Waals surface area contributed by atoms with E-state index in [1.165, 1.54) is 24.5 Å². The molecule has 6 heteroatoms. The first kappa shape index (κ1) is 14.1. The summed E-state index contributed by atoms with van der Waals surface area (Å²) in [5.74, 6) is 0.228. The van der Waals surface area contributed by atoms with E-state index in [4.69, 9.17) is 5.26 Å². The van der Waals surface area contributed by atoms with Gasteiger partial charge < -0.3 is 5.32 Å². The lowest BCUT2D eigenvalue weighted by Crippen LogP contribution is -2.15. The van der Waals surface area contributed by atoms with Gasteiger partial charge in [-0.05, 0) is 24.5 Å². The first-order valence-electron chi connectivity index (χ1n) is 6.91. The van der Waals surface area contributed by atoms with Crippen molar-refractivity contribution in [2.45, 2.75) is 13.3 Å². The van der Waals surface area contributed by atoms with Gasteiger partial charge in [-0.2, -0.15) is 5.26 Å². The molecule has 1 aromatic heterocycles. The maximum atomic E-state index is 13.6. The van der Waals surface area contributed by atoms with Gasteiger partial charge in [0.25, 0.3) is 0 Å². The zero-order valence-corrected chi connectivity index (χ0v) is 11.9. The second kappa shape index (κ2) is 5.53. The van der Waals surface area contributed by atoms with Gasteiger partial charge in [0.05, 0.1) is 23.7 Å². The number of nitrogens with one attached hydrogen (secondary N) is 1. The van der Waals surface area contributed by atoms with Gasteiger partial charge in [-0.25, -0.2) is 9.37 Å². The van der Waals surface area contributed by atoms with Crippen LogP contribution >= 0.6 is 0 Å². The number of hydrogen-bond donors (Lipinski definition) is 1. The van der Waals surface area contributed by atoms with Crippen molar-refractivity contribution >= 4 is 11.7 Å². The minimum atomic E-state index is -0.595. The van der Waals surface area contributed by atoms with E-state index in [9.17, 15) is 9.18 Å². The topological polar surface area (TPSA) is 78.7 Å². The number of anilines is 1. The molecule has 1 aliphatic carbocycles. The predicted molar refractivity (Wildman–Crippen MR) is 78.0 cm³/mol. The molecule has 1 N–H and O–H groups in total. The lowest BCUT2D eigenvalue weighted by molar-refractivity contribution is -0.117. The summed E-state index contributed by atoms with van der Waals surface area (Å²) in [5.41, 5.74) is 0.984. The van der Waals surface area contributed by atoms with Crippen LogP contribution in [0, 0.1) is 29.0 Å². The fraction of sp³-hybridized carbons (Fsp3) is 0.250. The van der Waals surface area contributed by atoms with Gasteiger partial charge >= 0.3 is 0 Å². The van der Waals surface area contributed by atoms with E-state index in [0.717, 1.165) is 6.42 Å². The number of hydrogen-bond acceptors (Lipinski definition) is 4. The predicted octanol–water partition coefficient (Wildman–Crippen LogP) is 2.75. The molecule has 1 fully saturated rings. The quantitative estimate of drug-likeness (QED) is 0.944. The molecule has 1 aromatic carbocycles. The van der Waals surface area contributed by atoms with Gasteiger partial charge in [-0.3, -0.25) is 9.78 Å². The van der Waals surface area contributed by atoms with Gasteiger partial charge in [0.15, 0.2) is 5.82 Å². The fourth-order valence-electron chi connectivity index (χ4n) is 2.21. The van der Waals surface area contributed by atoms with E-state index < -0.39 is 5.82 Å². The third-order valence-electron chi connectivity index (χ3n) is 3.73. The van der Waals surface area contributed by atoms with Crippen molar-refractivity contribution in [3.8, 4) is 17.3 Å². The van der Waals surface area contributed by atoms with Crippen molar-refractivity contribution in [2.24, 2.45) is 11.8 Å². The number of amides is 1. The van der Waals surface area contributed by atoms with Crippen molar-refractivity contribution in [3.63, 3.8) is 0 Å². The van der Waals surface area contributed by atoms with Crippen molar-refractivity contribution < 1.29 is 9.18 Å². The van der Waals surface area contributed by atoms with Crippen molar-refractivity contribution in [1.82, 2.24) is 9.97 Å². The first-order valence-corrected chi connectivity index (χ1v) is 6.91. The number of carbonyl (C=O) groups excluding carboxylic acids is 1. The average molecular weight is 296 g/mol. The molecule has 3 rings (SSSR count). The van der Waals surface area contributed by atoms with Crippen LogP contribution in [0.3, 0.4) is 0 Å². The maximum Gasteiger partial charge on any atom is 0.228 e. The van der Waals surface area contributed by atoms with E-state index in [1.54, 1.807) is 12.1 Å². The number of rotatable bonds is 3. The molecular weight excluding hydrogens is 283 g/mol. The van der Waals surface area contributed by atoms with E-state index in [-0.39, 0.29) is 17.4 Å². The van der Waals surface area contributed by atoms with Gasteiger partial charge in [0.1, 0.15) is 11.9 Å². The molecule has 22 heavy (non-hydrogen) atoms. The summed E-state index contributed by atoms with van der Waals surface area (Å²) < 4.78 is 13.6. The zero-order chi connectivity index (χ0) is 15.7. The number of halogens is 1. The smallest absolute Gasteiger partial charge is 0.228 e. The van der Waals surface area contributed by atoms with Gasteiger partial charge in [-0.1, -0.05) is 13.0 Å². The largest absolute Gasteiger partial charge is 0.309 e. The molecule has 0 spiro atoms. The summed E-state index contributed by atoms with van der Waals surface area (Å²) in [7, 11) is 0. The SMILES string of the molecule is C[C@@H]1C[C@@H]1C(=O)Nc1cnc(-c2ccc(C#N)c(F)c2)cn1. The van der Waals surface area contributed by atoms with Gasteiger partial charge in [0.2, 0.25) is 5.91 Å². The summed E-state index contributed by atoms with van der Waals surface area (Å²) in [6.45, 7) is 2.03. The van der Waals surface area contributed by atoms with Crippen LogP contribution in [0.4, 0.5) is 10.2 Å². The molecule has 0 radical (unpaired) electrons. The Morgan fingerprint density at radius 1 is 1.41 bits per heavy atom. The van der Waals surface area contributed by atoms with E-state index in [1.807, 2.05) is 6.92 Å². The molecule has 110 valence electrons. The van der Waals surface area contributed by atoms with E-state index in [0.29, 0.717) is 23.0 Å². The summed E-state index contributed by atoms with van der Waals surface area (Å²) in [6.07, 6.45) is 3.81. The summed E-state index contributed by atoms with van der Waals surface area (Å²) >= 11 is 0. The van der Waals surface area contributed by atoms with Crippen LogP contribution in [0.25, 0.3) is 11.3 Å². The molecule has 1 heterocycles. The number of benzene rings is 1. The van der Waals surface area contributed by atoms with E-state index >= 15 is 0 Å². The number of aromatic nitrogens is 2. The summed E-state index contributed by atoms with van der Waals surface area (Å²) in [5, 5.41) is 11.4. The Balaban J connectivity index is 1.75. The molecule has 0 saturated heterocycles. The highest BCUT2D eigenvalue weighted by Gasteiger charge is 2.39. The molecule has 5 nitrogen and oxygen atoms in total. The Bertz CT molecular complexity index is 767. The monoisotopic (exact) mass is 296 g/mol. The Morgan fingerprint density at radius 2 is 2.18 bits per heavy atom. The van der Waals surface area contributed by atoms with Crippen LogP contribution in [0.2, 0.25) is 0 Å². The van der Waals surface area contributed by atoms with Crippen LogP contribution in [0.1, 0.15) is 18.9 Å². The summed E-state index contributed by atoms with van der Waals surface area (Å²) in [6, 6.07) is 6.02. The third-order valence-corrected chi connectivity index (χ3v) is 3.73. The highest BCUT2D eigenvalue weighted by molar-refractivity contribution is 5.93. The molecule has 1 aliphatic rings. The molecule has 0 bridgehead atoms. The molecular formula is C16H13FN4O. The van der Waals surface area contributed by atoms with E-state index in [2.05, 4.69) is 15.3 Å². The highest BCUT2D eigenvalue weighted by Crippen LogP contribution is 2.38. The van der Waals surface area contributed by atoms with Crippen LogP contribution < -0.4 is 5.32 Å². The zero-order valence-electron chi connectivity index (χ0n) is 11.9. The Labute approximate surface area is 126 Å². The summed E-state index contributed by atoms with van der Waals surface area (Å²) in [4.78, 5) is 20.1. The molecule has 2 aromatic rings. The highest BCUT2D eigenvalue weighted by atomic mass is 19.1. The Hall–Kier alpha value is -2.81. The number of nitriles is 1. The second-order valence-corrected chi connectivity index (χ2v) is 5.40. The van der Waals surface area contributed by atoms with Crippen LogP contribution in [-0.2, 0) is 4.79 Å². The standard InChI is InChI=1S/C16H13FN4O/c1-9-4-12(9)16(22)21-15-8-19-14(7-20-15)10-2-3-11(6-18)13(17)5-10/h2-3,5,7-9,12H,4H2,1H3,(H,20,21,22)/t9-,12+/m1/s1. The van der Waals surface area contributed by atoms with Crippen molar-refractivity contribution in [1.29, 1.82) is 5.26 Å². The fourth-order valence-corrected chi connectivity index (χ4v) is 2.21. The molecule has 1 saturated carbocycles. The first-order chi connectivity index (χ1) is 10.6. The number of carbonyl (C=O) groups is 1. The lowest BCUT2D eigenvalue weighted by Gasteiger charge is -2.05. The average Bonchev–Trinajstić information content (AvgIpc) is 3.25.